The maximum atomic E-state index is 13.2. The predicted molar refractivity (Wildman–Crippen MR) is 241 cm³/mol. The molecule has 5 aromatic carbocycles. The van der Waals surface area contributed by atoms with E-state index in [1.54, 1.807) is 5.32 Å². The first-order valence-electron chi connectivity index (χ1n) is 20.0. The molecule has 0 aliphatic heterocycles. The number of aromatic carboxylic acids is 1. The van der Waals surface area contributed by atoms with Crippen molar-refractivity contribution in [1.29, 1.82) is 0 Å². The van der Waals surface area contributed by atoms with Crippen molar-refractivity contribution in [3.8, 4) is 0 Å². The molecule has 5 aromatic rings. The van der Waals surface area contributed by atoms with Gasteiger partial charge in [0.05, 0.1) is 25.1 Å². The molecule has 0 fully saturated rings. The van der Waals surface area contributed by atoms with Crippen LogP contribution >= 0.6 is 0 Å². The van der Waals surface area contributed by atoms with Crippen molar-refractivity contribution >= 4 is 76.0 Å². The Kier molecular flexibility index (Phi) is 17.0. The first-order chi connectivity index (χ1) is 33.7. The molecule has 0 heterocycles. The number of carbonyl (C=O) groups is 6. The SMILES string of the molecule is O=C(O)c1ccc(CNC(=O)c2ccc(CNC(=O)c3ccc(CNC(=O)c4ccc(CNC(=O)c5ccc(CNC(=O)C(F)(F)F)cc5)c(S(=O)(=O)O)c4)c(S(=O)(=O)O)c3)c(S(=O)(=O)O)c2)c(S(=O)(=O)O)c1. The second-order valence-electron chi connectivity index (χ2n) is 15.1. The molecule has 0 unspecified atom stereocenters. The topological polar surface area (TPSA) is 400 Å². The minimum absolute atomic E-state index is 0.0383. The monoisotopic (exact) mass is 1100 g/mol. The van der Waals surface area contributed by atoms with Gasteiger partial charge in [-0.2, -0.15) is 46.8 Å². The molecule has 0 saturated carbocycles. The number of carboxylic acids is 1. The molecule has 0 bridgehead atoms. The average Bonchev–Trinajstić information content (AvgIpc) is 3.30. The highest BCUT2D eigenvalue weighted by atomic mass is 32.2. The van der Waals surface area contributed by atoms with E-state index in [1.807, 2.05) is 0 Å². The van der Waals surface area contributed by atoms with Gasteiger partial charge in [-0.15, -0.1) is 0 Å². The largest absolute Gasteiger partial charge is 0.478 e. The summed E-state index contributed by atoms with van der Waals surface area (Å²) in [5, 5.41) is 20.0. The Morgan fingerprint density at radius 3 is 0.918 bits per heavy atom. The molecule has 0 radical (unpaired) electrons. The number of hydrogen-bond acceptors (Lipinski definition) is 14. The van der Waals surface area contributed by atoms with E-state index in [4.69, 9.17) is 5.11 Å². The number of nitrogens with one attached hydrogen (secondary N) is 5. The van der Waals surface area contributed by atoms with Crippen molar-refractivity contribution in [2.24, 2.45) is 0 Å². The Labute approximate surface area is 411 Å². The molecule has 0 aromatic heterocycles. The molecule has 24 nitrogen and oxygen atoms in total. The Morgan fingerprint density at radius 2 is 0.644 bits per heavy atom. The van der Waals surface area contributed by atoms with E-state index in [2.05, 4.69) is 21.3 Å². The number of alkyl halides is 3. The van der Waals surface area contributed by atoms with Crippen LogP contribution in [0.4, 0.5) is 13.2 Å². The van der Waals surface area contributed by atoms with Crippen LogP contribution in [-0.2, 0) is 78.0 Å². The lowest BCUT2D eigenvalue weighted by Crippen LogP contribution is -2.36. The maximum Gasteiger partial charge on any atom is 0.471 e. The number of halogens is 3. The minimum Gasteiger partial charge on any atom is -0.478 e. The molecule has 0 aliphatic rings. The Hall–Kier alpha value is -7.65. The minimum atomic E-state index is -5.17. The van der Waals surface area contributed by atoms with E-state index in [1.165, 1.54) is 24.3 Å². The summed E-state index contributed by atoms with van der Waals surface area (Å²) >= 11 is 0. The van der Waals surface area contributed by atoms with Crippen molar-refractivity contribution in [3.05, 3.63) is 153 Å². The van der Waals surface area contributed by atoms with E-state index in [9.17, 15) is 93.8 Å². The zero-order valence-electron chi connectivity index (χ0n) is 36.5. The van der Waals surface area contributed by atoms with Crippen LogP contribution in [-0.4, -0.2) is 98.7 Å². The first kappa shape index (κ1) is 56.3. The molecule has 0 spiro atoms. The van der Waals surface area contributed by atoms with Crippen LogP contribution in [0.2, 0.25) is 0 Å². The van der Waals surface area contributed by atoms with Gasteiger partial charge in [-0.1, -0.05) is 36.4 Å². The quantitative estimate of drug-likeness (QED) is 0.0530. The lowest BCUT2D eigenvalue weighted by molar-refractivity contribution is -0.173. The molecule has 0 atom stereocenters. The fourth-order valence-corrected chi connectivity index (χ4v) is 9.48. The normalized spacial score (nSPS) is 12.0. The average molecular weight is 1100 g/mol. The Bertz CT molecular complexity index is 3540. The van der Waals surface area contributed by atoms with Gasteiger partial charge in [0.25, 0.3) is 64.1 Å². The fraction of sp³-hybridized carbons (Fsp3) is 0.143. The smallest absolute Gasteiger partial charge is 0.471 e. The van der Waals surface area contributed by atoms with Crippen LogP contribution < -0.4 is 26.6 Å². The molecular weight excluding hydrogens is 1060 g/mol. The molecule has 5 rings (SSSR count). The number of amides is 5. The molecule has 0 saturated heterocycles. The number of carbonyl (C=O) groups excluding carboxylic acids is 5. The van der Waals surface area contributed by atoms with Gasteiger partial charge < -0.3 is 31.7 Å². The zero-order valence-corrected chi connectivity index (χ0v) is 39.8. The van der Waals surface area contributed by atoms with Crippen molar-refractivity contribution in [2.45, 2.75) is 58.5 Å². The summed E-state index contributed by atoms with van der Waals surface area (Å²) in [6.07, 6.45) is -5.11. The fourth-order valence-electron chi connectivity index (χ4n) is 6.49. The molecular formula is C42H36F3N5O19S4. The van der Waals surface area contributed by atoms with E-state index in [0.717, 1.165) is 54.6 Å². The molecule has 0 aliphatic carbocycles. The van der Waals surface area contributed by atoms with Crippen molar-refractivity contribution in [2.75, 3.05) is 0 Å². The maximum absolute atomic E-state index is 13.2. The first-order valence-corrected chi connectivity index (χ1v) is 25.7. The summed E-state index contributed by atoms with van der Waals surface area (Å²) in [6.45, 7) is -3.08. The highest BCUT2D eigenvalue weighted by Crippen LogP contribution is 2.24. The van der Waals surface area contributed by atoms with E-state index >= 15 is 0 Å². The molecule has 5 amide bonds. The lowest BCUT2D eigenvalue weighted by Gasteiger charge is -2.14. The van der Waals surface area contributed by atoms with Gasteiger partial charge in [0.15, 0.2) is 0 Å². The van der Waals surface area contributed by atoms with E-state index in [0.29, 0.717) is 18.2 Å². The van der Waals surface area contributed by atoms with E-state index in [-0.39, 0.29) is 33.4 Å². The van der Waals surface area contributed by atoms with Gasteiger partial charge >= 0.3 is 18.1 Å². The summed E-state index contributed by atoms with van der Waals surface area (Å²) < 4.78 is 175. The summed E-state index contributed by atoms with van der Waals surface area (Å²) in [4.78, 5) is 70.9. The van der Waals surface area contributed by atoms with Crippen LogP contribution in [0.3, 0.4) is 0 Å². The number of benzene rings is 5. The van der Waals surface area contributed by atoms with Crippen LogP contribution in [0, 0.1) is 0 Å². The van der Waals surface area contributed by atoms with Gasteiger partial charge in [-0.3, -0.25) is 42.2 Å². The molecule has 388 valence electrons. The second-order valence-corrected chi connectivity index (χ2v) is 20.7. The van der Waals surface area contributed by atoms with Crippen LogP contribution in [0.25, 0.3) is 0 Å². The van der Waals surface area contributed by atoms with Crippen molar-refractivity contribution in [3.63, 3.8) is 0 Å². The van der Waals surface area contributed by atoms with Crippen molar-refractivity contribution in [1.82, 2.24) is 26.6 Å². The lowest BCUT2D eigenvalue weighted by atomic mass is 10.1. The summed E-state index contributed by atoms with van der Waals surface area (Å²) in [6, 6.07) is 15.8. The number of rotatable bonds is 19. The van der Waals surface area contributed by atoms with Gasteiger partial charge in [0, 0.05) is 55.0 Å². The number of hydrogen-bond donors (Lipinski definition) is 10. The Morgan fingerprint density at radius 1 is 0.384 bits per heavy atom. The van der Waals surface area contributed by atoms with Crippen LogP contribution in [0.1, 0.15) is 79.6 Å². The van der Waals surface area contributed by atoms with Crippen LogP contribution in [0.15, 0.2) is 117 Å². The van der Waals surface area contributed by atoms with Gasteiger partial charge in [0.1, 0.15) is 0 Å². The van der Waals surface area contributed by atoms with Crippen LogP contribution in [0.5, 0.6) is 0 Å². The summed E-state index contributed by atoms with van der Waals surface area (Å²) in [5.41, 5.74) is -2.77. The summed E-state index contributed by atoms with van der Waals surface area (Å²) in [5.74, 6) is -7.71. The van der Waals surface area contributed by atoms with Gasteiger partial charge in [0.2, 0.25) is 0 Å². The van der Waals surface area contributed by atoms with Gasteiger partial charge in [-0.05, 0) is 88.5 Å². The third-order valence-corrected chi connectivity index (χ3v) is 13.8. The molecule has 31 heteroatoms. The van der Waals surface area contributed by atoms with Gasteiger partial charge in [-0.25, -0.2) is 4.79 Å². The highest BCUT2D eigenvalue weighted by molar-refractivity contribution is 7.86. The summed E-state index contributed by atoms with van der Waals surface area (Å²) in [7, 11) is -20.4. The van der Waals surface area contributed by atoms with Crippen molar-refractivity contribution < 1.29 is 98.9 Å². The third kappa shape index (κ3) is 15.0. The number of carboxylic acid groups (broad SMARTS) is 1. The third-order valence-electron chi connectivity index (χ3n) is 10.1. The van der Waals surface area contributed by atoms with E-state index < -0.39 is 157 Å². The standard InChI is InChI=1S/C42H36F3N5O19S4/c43-42(44,45)41(57)50-17-22-1-3-23(4-2-22)36(51)46-18-28-9-5-24(13-32(28)70(58,59)60)37(52)47-19-29-10-6-25(14-33(29)71(61,62)63)38(53)48-20-30-11-7-26(15-34(30)72(64,65)66)39(54)49-21-31-12-8-27(40(55)56)16-35(31)73(67,68)69/h1-16H,17-21H2,(H,46,51)(H,47,52)(H,48,53)(H,49,54)(H,50,57)(H,55,56)(H,58,59,60)(H,61,62,63)(H,64,65,66)(H,67,68,69). The molecule has 10 N–H and O–H groups in total. The second kappa shape index (κ2) is 22.0. The highest BCUT2D eigenvalue weighted by Gasteiger charge is 2.38. The molecule has 73 heavy (non-hydrogen) atoms. The zero-order chi connectivity index (χ0) is 54.4. The Balaban J connectivity index is 1.24. The predicted octanol–water partition coefficient (Wildman–Crippen LogP) is 2.27.